The van der Waals surface area contributed by atoms with E-state index in [0.29, 0.717) is 18.0 Å². The Balaban J connectivity index is 1.46. The van der Waals surface area contributed by atoms with E-state index in [9.17, 15) is 9.18 Å². The van der Waals surface area contributed by atoms with Gasteiger partial charge in [0.2, 0.25) is 0 Å². The molecule has 2 saturated heterocycles. The lowest BCUT2D eigenvalue weighted by molar-refractivity contribution is 0.0643. The first-order chi connectivity index (χ1) is 13.7. The smallest absolute Gasteiger partial charge is 0.316 e. The predicted octanol–water partition coefficient (Wildman–Crippen LogP) is 1.74. The molecule has 2 aliphatic rings. The maximum absolute atomic E-state index is 13.3. The van der Waals surface area contributed by atoms with E-state index >= 15 is 0 Å². The number of piperidine rings is 1. The van der Waals surface area contributed by atoms with Crippen LogP contribution in [0.15, 0.2) is 36.7 Å². The molecule has 1 amide bonds. The summed E-state index contributed by atoms with van der Waals surface area (Å²) in [5, 5.41) is 0. The van der Waals surface area contributed by atoms with E-state index in [2.05, 4.69) is 20.8 Å². The second-order valence-electron chi connectivity index (χ2n) is 7.32. The maximum Gasteiger partial charge on any atom is 0.316 e. The zero-order valence-electron chi connectivity index (χ0n) is 15.8. The van der Waals surface area contributed by atoms with Gasteiger partial charge in [-0.3, -0.25) is 15.6 Å². The molecule has 4 rings (SSSR count). The van der Waals surface area contributed by atoms with E-state index in [1.165, 1.54) is 31.6 Å². The molecule has 2 N–H and O–H groups in total. The van der Waals surface area contributed by atoms with Crippen LogP contribution in [0.5, 0.6) is 6.01 Å². The number of aromatic nitrogens is 2. The zero-order valence-corrected chi connectivity index (χ0v) is 15.8. The molecule has 2 aromatic rings. The van der Waals surface area contributed by atoms with Gasteiger partial charge in [-0.2, -0.15) is 0 Å². The Morgan fingerprint density at radius 3 is 2.71 bits per heavy atom. The zero-order chi connectivity index (χ0) is 19.5. The number of rotatable bonds is 4. The Morgan fingerprint density at radius 2 is 2.00 bits per heavy atom. The van der Waals surface area contributed by atoms with Crippen molar-refractivity contribution in [2.75, 3.05) is 26.7 Å². The Morgan fingerprint density at radius 1 is 1.25 bits per heavy atom. The van der Waals surface area contributed by atoms with Gasteiger partial charge in [0.05, 0.1) is 12.7 Å². The molecule has 8 heteroatoms. The number of carbonyl (C=O) groups excluding carboxylic acids is 1. The van der Waals surface area contributed by atoms with Gasteiger partial charge in [-0.15, -0.1) is 0 Å². The Labute approximate surface area is 163 Å². The molecule has 1 aromatic heterocycles. The van der Waals surface area contributed by atoms with Gasteiger partial charge < -0.3 is 9.64 Å². The summed E-state index contributed by atoms with van der Waals surface area (Å²) < 4.78 is 18.2. The van der Waals surface area contributed by atoms with E-state index in [1.807, 2.05) is 17.0 Å². The van der Waals surface area contributed by atoms with Gasteiger partial charge in [-0.25, -0.2) is 14.4 Å². The second kappa shape index (κ2) is 8.20. The molecular formula is C20H24FN5O2. The molecule has 3 unspecified atom stereocenters. The molecule has 3 atom stereocenters. The Kier molecular flexibility index (Phi) is 5.50. The summed E-state index contributed by atoms with van der Waals surface area (Å²) in [7, 11) is 1.49. The molecule has 2 aliphatic heterocycles. The first-order valence-corrected chi connectivity index (χ1v) is 9.55. The number of likely N-dealkylation sites (tertiary alicyclic amines) is 1. The van der Waals surface area contributed by atoms with E-state index < -0.39 is 0 Å². The largest absolute Gasteiger partial charge is 0.467 e. The highest BCUT2D eigenvalue weighted by atomic mass is 19.1. The fourth-order valence-electron chi connectivity index (χ4n) is 4.20. The number of halogens is 1. The van der Waals surface area contributed by atoms with Gasteiger partial charge in [0.1, 0.15) is 5.82 Å². The van der Waals surface area contributed by atoms with Gasteiger partial charge >= 0.3 is 6.01 Å². The highest BCUT2D eigenvalue weighted by Crippen LogP contribution is 2.32. The molecule has 3 heterocycles. The topological polar surface area (TPSA) is 79.4 Å². The summed E-state index contributed by atoms with van der Waals surface area (Å²) in [5.74, 6) is 0.263. The van der Waals surface area contributed by atoms with Crippen LogP contribution in [-0.4, -0.2) is 53.6 Å². The monoisotopic (exact) mass is 385 g/mol. The molecule has 28 heavy (non-hydrogen) atoms. The molecular weight excluding hydrogens is 361 g/mol. The maximum atomic E-state index is 13.3. The van der Waals surface area contributed by atoms with Crippen molar-refractivity contribution in [1.29, 1.82) is 0 Å². The number of ether oxygens (including phenoxy) is 1. The third-order valence-corrected chi connectivity index (χ3v) is 5.63. The van der Waals surface area contributed by atoms with E-state index in [1.54, 1.807) is 0 Å². The van der Waals surface area contributed by atoms with Crippen LogP contribution >= 0.6 is 0 Å². The summed E-state index contributed by atoms with van der Waals surface area (Å²) in [6.07, 6.45) is 5.00. The minimum absolute atomic E-state index is 0.0587. The molecule has 0 saturated carbocycles. The first-order valence-electron chi connectivity index (χ1n) is 9.55. The van der Waals surface area contributed by atoms with Crippen LogP contribution in [0.25, 0.3) is 0 Å². The van der Waals surface area contributed by atoms with Crippen LogP contribution in [0.4, 0.5) is 4.39 Å². The van der Waals surface area contributed by atoms with E-state index in [0.717, 1.165) is 31.5 Å². The first kappa shape index (κ1) is 18.8. The minimum atomic E-state index is -0.227. The predicted molar refractivity (Wildman–Crippen MR) is 101 cm³/mol. The number of carbonyl (C=O) groups is 1. The van der Waals surface area contributed by atoms with Crippen molar-refractivity contribution in [3.8, 4) is 6.01 Å². The fourth-order valence-corrected chi connectivity index (χ4v) is 4.20. The highest BCUT2D eigenvalue weighted by Gasteiger charge is 2.37. The lowest BCUT2D eigenvalue weighted by atomic mass is 9.81. The average Bonchev–Trinajstić information content (AvgIpc) is 3.24. The van der Waals surface area contributed by atoms with Crippen LogP contribution in [0.2, 0.25) is 0 Å². The SMILES string of the molecule is COc1ncc(C(=O)N2CCCC(C3NNCC3c3ccc(F)cc3)C2)cn1. The number of amides is 1. The van der Waals surface area contributed by atoms with Gasteiger partial charge in [0.25, 0.3) is 5.91 Å². The summed E-state index contributed by atoms with van der Waals surface area (Å²) in [6.45, 7) is 2.18. The molecule has 0 aliphatic carbocycles. The van der Waals surface area contributed by atoms with Crippen molar-refractivity contribution >= 4 is 5.91 Å². The number of hydrogen-bond acceptors (Lipinski definition) is 6. The van der Waals surface area contributed by atoms with E-state index in [-0.39, 0.29) is 29.7 Å². The molecule has 7 nitrogen and oxygen atoms in total. The number of methoxy groups -OCH3 is 1. The molecule has 0 bridgehead atoms. The van der Waals surface area contributed by atoms with Crippen LogP contribution < -0.4 is 15.6 Å². The number of benzene rings is 1. The highest BCUT2D eigenvalue weighted by molar-refractivity contribution is 5.93. The Hall–Kier alpha value is -2.58. The number of nitrogens with zero attached hydrogens (tertiary/aromatic N) is 3. The average molecular weight is 385 g/mol. The minimum Gasteiger partial charge on any atom is -0.467 e. The molecule has 0 radical (unpaired) electrons. The molecule has 1 aromatic carbocycles. The van der Waals surface area contributed by atoms with Crippen molar-refractivity contribution in [1.82, 2.24) is 25.7 Å². The fraction of sp³-hybridized carbons (Fsp3) is 0.450. The van der Waals surface area contributed by atoms with Gasteiger partial charge in [0.15, 0.2) is 0 Å². The summed E-state index contributed by atoms with van der Waals surface area (Å²) in [4.78, 5) is 22.8. The molecule has 0 spiro atoms. The normalized spacial score (nSPS) is 24.9. The summed E-state index contributed by atoms with van der Waals surface area (Å²) in [5.41, 5.74) is 8.20. The van der Waals surface area contributed by atoms with Crippen molar-refractivity contribution in [2.45, 2.75) is 24.8 Å². The van der Waals surface area contributed by atoms with E-state index in [4.69, 9.17) is 4.74 Å². The number of nitrogens with one attached hydrogen (secondary N) is 2. The van der Waals surface area contributed by atoms with Crippen molar-refractivity contribution < 1.29 is 13.9 Å². The van der Waals surface area contributed by atoms with Crippen LogP contribution in [0.3, 0.4) is 0 Å². The van der Waals surface area contributed by atoms with Crippen molar-refractivity contribution in [2.24, 2.45) is 5.92 Å². The second-order valence-corrected chi connectivity index (χ2v) is 7.32. The van der Waals surface area contributed by atoms with Gasteiger partial charge in [-0.05, 0) is 36.5 Å². The Bertz CT molecular complexity index is 814. The van der Waals surface area contributed by atoms with Crippen molar-refractivity contribution in [3.05, 3.63) is 53.6 Å². The quantitative estimate of drug-likeness (QED) is 0.835. The van der Waals surface area contributed by atoms with Crippen LogP contribution in [0.1, 0.15) is 34.7 Å². The standard InChI is InChI=1S/C20H24FN5O2/c1-28-20-22-9-15(10-23-20)19(27)26-8-2-3-14(12-26)18-17(11-24-25-18)13-4-6-16(21)7-5-13/h4-7,9-10,14,17-18,24-25H,2-3,8,11-12H2,1H3. The summed E-state index contributed by atoms with van der Waals surface area (Å²) >= 11 is 0. The van der Waals surface area contributed by atoms with Crippen LogP contribution in [-0.2, 0) is 0 Å². The molecule has 2 fully saturated rings. The third kappa shape index (κ3) is 3.83. The third-order valence-electron chi connectivity index (χ3n) is 5.63. The van der Waals surface area contributed by atoms with Gasteiger partial charge in [0, 0.05) is 44.0 Å². The lowest BCUT2D eigenvalue weighted by Crippen LogP contribution is -2.48. The number of hydrogen-bond donors (Lipinski definition) is 2. The lowest BCUT2D eigenvalue weighted by Gasteiger charge is -2.37. The summed E-state index contributed by atoms with van der Waals surface area (Å²) in [6, 6.07) is 7.14. The van der Waals surface area contributed by atoms with Crippen molar-refractivity contribution in [3.63, 3.8) is 0 Å². The number of hydrazine groups is 1. The van der Waals surface area contributed by atoms with Gasteiger partial charge in [-0.1, -0.05) is 12.1 Å². The van der Waals surface area contributed by atoms with Crippen LogP contribution in [0, 0.1) is 11.7 Å². The molecule has 148 valence electrons.